The van der Waals surface area contributed by atoms with Crippen molar-refractivity contribution in [2.24, 2.45) is 0 Å². The van der Waals surface area contributed by atoms with Crippen molar-refractivity contribution < 1.29 is 13.2 Å². The number of fused-ring (bicyclic) bond motifs is 1. The van der Waals surface area contributed by atoms with Crippen molar-refractivity contribution in [2.75, 3.05) is 10.0 Å². The number of hydrogen-bond donors (Lipinski definition) is 2. The number of benzene rings is 2. The van der Waals surface area contributed by atoms with Gasteiger partial charge in [-0.05, 0) is 48.9 Å². The van der Waals surface area contributed by atoms with Crippen LogP contribution >= 0.6 is 22.9 Å². The Hall–Kier alpha value is -2.16. The van der Waals surface area contributed by atoms with Crippen LogP contribution in [0.5, 0.6) is 0 Å². The zero-order valence-electron chi connectivity index (χ0n) is 13.3. The van der Waals surface area contributed by atoms with Crippen LogP contribution in [0.4, 0.5) is 10.8 Å². The molecule has 1 aromatic heterocycles. The van der Waals surface area contributed by atoms with E-state index in [4.69, 9.17) is 11.6 Å². The number of carbonyl (C=O) groups is 1. The van der Waals surface area contributed by atoms with E-state index in [9.17, 15) is 13.2 Å². The first-order chi connectivity index (χ1) is 11.8. The van der Waals surface area contributed by atoms with Gasteiger partial charge in [0.2, 0.25) is 5.91 Å². The number of nitrogens with zero attached hydrogens (tertiary/aromatic N) is 1. The second-order valence-electron chi connectivity index (χ2n) is 5.35. The van der Waals surface area contributed by atoms with Gasteiger partial charge >= 0.3 is 0 Å². The van der Waals surface area contributed by atoms with Crippen molar-refractivity contribution in [3.63, 3.8) is 0 Å². The molecule has 0 aliphatic heterocycles. The summed E-state index contributed by atoms with van der Waals surface area (Å²) in [7, 11) is -3.78. The molecule has 0 radical (unpaired) electrons. The smallest absolute Gasteiger partial charge is 0.263 e. The number of aryl methyl sites for hydroxylation is 1. The molecule has 0 atom stereocenters. The first-order valence-corrected chi connectivity index (χ1v) is 9.90. The summed E-state index contributed by atoms with van der Waals surface area (Å²) in [5.41, 5.74) is 2.01. The molecule has 3 rings (SSSR count). The van der Waals surface area contributed by atoms with Crippen molar-refractivity contribution in [3.05, 3.63) is 47.0 Å². The van der Waals surface area contributed by atoms with Gasteiger partial charge in [0.1, 0.15) is 0 Å². The maximum Gasteiger partial charge on any atom is 0.263 e. The fourth-order valence-corrected chi connectivity index (χ4v) is 4.55. The van der Waals surface area contributed by atoms with Crippen LogP contribution in [0, 0.1) is 6.92 Å². The number of carbonyl (C=O) groups excluding carboxylic acids is 1. The van der Waals surface area contributed by atoms with Gasteiger partial charge in [0, 0.05) is 17.6 Å². The maximum absolute atomic E-state index is 12.5. The highest BCUT2D eigenvalue weighted by Gasteiger charge is 2.17. The number of nitrogens with one attached hydrogen (secondary N) is 2. The molecule has 0 saturated heterocycles. The lowest BCUT2D eigenvalue weighted by Gasteiger charge is -2.06. The molecule has 2 N–H and O–H groups in total. The minimum absolute atomic E-state index is 0.0793. The number of thiazole rings is 1. The van der Waals surface area contributed by atoms with Gasteiger partial charge in [0.25, 0.3) is 10.0 Å². The lowest BCUT2D eigenvalue weighted by molar-refractivity contribution is -0.114. The maximum atomic E-state index is 12.5. The van der Waals surface area contributed by atoms with Crippen LogP contribution in [0.1, 0.15) is 12.5 Å². The Labute approximate surface area is 153 Å². The molecule has 1 amide bonds. The second-order valence-corrected chi connectivity index (χ2v) is 8.47. The van der Waals surface area contributed by atoms with Crippen molar-refractivity contribution in [2.45, 2.75) is 18.7 Å². The molecule has 0 saturated carbocycles. The number of rotatable bonds is 4. The third-order valence-electron chi connectivity index (χ3n) is 3.45. The average Bonchev–Trinajstić information content (AvgIpc) is 2.93. The molecule has 0 spiro atoms. The van der Waals surface area contributed by atoms with E-state index in [1.165, 1.54) is 42.5 Å². The van der Waals surface area contributed by atoms with E-state index in [1.807, 2.05) is 13.0 Å². The molecule has 0 fully saturated rings. The predicted octanol–water partition coefficient (Wildman–Crippen LogP) is 4.02. The number of halogens is 1. The van der Waals surface area contributed by atoms with Gasteiger partial charge in [-0.15, -0.1) is 0 Å². The molecular formula is C16H14ClN3O3S2. The Bertz CT molecular complexity index is 1060. The van der Waals surface area contributed by atoms with Crippen molar-refractivity contribution >= 4 is 59.9 Å². The predicted molar refractivity (Wildman–Crippen MR) is 101 cm³/mol. The van der Waals surface area contributed by atoms with Crippen molar-refractivity contribution in [1.29, 1.82) is 0 Å². The zero-order chi connectivity index (χ0) is 18.2. The number of amides is 1. The number of aromatic nitrogens is 1. The first-order valence-electron chi connectivity index (χ1n) is 7.22. The Morgan fingerprint density at radius 3 is 2.48 bits per heavy atom. The Morgan fingerprint density at radius 1 is 1.16 bits per heavy atom. The van der Waals surface area contributed by atoms with E-state index in [0.29, 0.717) is 16.2 Å². The van der Waals surface area contributed by atoms with Crippen LogP contribution in [0.2, 0.25) is 5.02 Å². The topological polar surface area (TPSA) is 88.2 Å². The Balaban J connectivity index is 1.88. The molecule has 0 unspecified atom stereocenters. The largest absolute Gasteiger partial charge is 0.326 e. The van der Waals surface area contributed by atoms with Crippen LogP contribution in [-0.2, 0) is 14.8 Å². The van der Waals surface area contributed by atoms with Crippen LogP contribution in [-0.4, -0.2) is 19.3 Å². The minimum atomic E-state index is -3.78. The van der Waals surface area contributed by atoms with Crippen LogP contribution in [0.15, 0.2) is 41.3 Å². The van der Waals surface area contributed by atoms with E-state index in [-0.39, 0.29) is 15.9 Å². The standard InChI is InChI=1S/C16H14ClN3O3S2/c1-9-13(17)7-8-14-15(9)19-16(24-14)20-25(22,23)12-5-3-11(4-6-12)18-10(2)21/h3-8H,1-2H3,(H,18,21)(H,19,20). The summed E-state index contributed by atoms with van der Waals surface area (Å²) >= 11 is 7.31. The zero-order valence-corrected chi connectivity index (χ0v) is 15.7. The fraction of sp³-hybridized carbons (Fsp3) is 0.125. The molecule has 1 heterocycles. The first kappa shape index (κ1) is 17.7. The summed E-state index contributed by atoms with van der Waals surface area (Å²) in [5, 5.41) is 3.44. The van der Waals surface area contributed by atoms with Crippen molar-refractivity contribution in [3.8, 4) is 0 Å². The normalized spacial score (nSPS) is 11.5. The molecule has 0 aliphatic rings. The summed E-state index contributed by atoms with van der Waals surface area (Å²) in [6.45, 7) is 3.22. The monoisotopic (exact) mass is 395 g/mol. The fourth-order valence-electron chi connectivity index (χ4n) is 2.24. The molecule has 2 aromatic carbocycles. The molecule has 0 aliphatic carbocycles. The lowest BCUT2D eigenvalue weighted by Crippen LogP contribution is -2.13. The number of anilines is 2. The number of hydrogen-bond acceptors (Lipinski definition) is 5. The van der Waals surface area contributed by atoms with Crippen LogP contribution in [0.3, 0.4) is 0 Å². The van der Waals surface area contributed by atoms with Crippen LogP contribution in [0.25, 0.3) is 10.2 Å². The Morgan fingerprint density at radius 2 is 1.84 bits per heavy atom. The van der Waals surface area contributed by atoms with E-state index < -0.39 is 10.0 Å². The highest BCUT2D eigenvalue weighted by Crippen LogP contribution is 2.32. The molecule has 3 aromatic rings. The minimum Gasteiger partial charge on any atom is -0.326 e. The summed E-state index contributed by atoms with van der Waals surface area (Å²) in [6, 6.07) is 9.46. The van der Waals surface area contributed by atoms with Gasteiger partial charge in [-0.2, -0.15) is 0 Å². The van der Waals surface area contributed by atoms with E-state index in [2.05, 4.69) is 15.0 Å². The third kappa shape index (κ3) is 3.76. The highest BCUT2D eigenvalue weighted by atomic mass is 35.5. The molecule has 25 heavy (non-hydrogen) atoms. The quantitative estimate of drug-likeness (QED) is 0.698. The number of sulfonamides is 1. The van der Waals surface area contributed by atoms with E-state index in [1.54, 1.807) is 6.07 Å². The molecular weight excluding hydrogens is 382 g/mol. The van der Waals surface area contributed by atoms with Gasteiger partial charge in [-0.3, -0.25) is 9.52 Å². The average molecular weight is 396 g/mol. The van der Waals surface area contributed by atoms with Gasteiger partial charge in [0.15, 0.2) is 5.13 Å². The van der Waals surface area contributed by atoms with Gasteiger partial charge in [0.05, 0.1) is 15.1 Å². The van der Waals surface area contributed by atoms with Gasteiger partial charge in [-0.1, -0.05) is 22.9 Å². The second kappa shape index (κ2) is 6.62. The van der Waals surface area contributed by atoms with E-state index >= 15 is 0 Å². The highest BCUT2D eigenvalue weighted by molar-refractivity contribution is 7.93. The summed E-state index contributed by atoms with van der Waals surface area (Å²) in [6.07, 6.45) is 0. The Kier molecular flexibility index (Phi) is 4.68. The molecule has 6 nitrogen and oxygen atoms in total. The molecule has 0 bridgehead atoms. The summed E-state index contributed by atoms with van der Waals surface area (Å²) < 4.78 is 28.3. The third-order valence-corrected chi connectivity index (χ3v) is 6.28. The van der Waals surface area contributed by atoms with Gasteiger partial charge in [-0.25, -0.2) is 13.4 Å². The van der Waals surface area contributed by atoms with E-state index in [0.717, 1.165) is 10.3 Å². The van der Waals surface area contributed by atoms with Crippen LogP contribution < -0.4 is 10.0 Å². The molecule has 9 heteroatoms. The summed E-state index contributed by atoms with van der Waals surface area (Å²) in [4.78, 5) is 15.4. The lowest BCUT2D eigenvalue weighted by atomic mass is 10.2. The summed E-state index contributed by atoms with van der Waals surface area (Å²) in [5.74, 6) is -0.225. The molecule has 130 valence electrons. The van der Waals surface area contributed by atoms with Gasteiger partial charge < -0.3 is 5.32 Å². The van der Waals surface area contributed by atoms with Crippen molar-refractivity contribution in [1.82, 2.24) is 4.98 Å². The SMILES string of the molecule is CC(=O)Nc1ccc(S(=O)(=O)Nc2nc3c(C)c(Cl)ccc3s2)cc1.